The van der Waals surface area contributed by atoms with Crippen LogP contribution in [0, 0.1) is 11.3 Å². The number of ether oxygens (including phenoxy) is 1. The summed E-state index contributed by atoms with van der Waals surface area (Å²) in [5.41, 5.74) is 2.48. The maximum atomic E-state index is 12.8. The number of methoxy groups -OCH3 is 1. The van der Waals surface area contributed by atoms with Crippen molar-refractivity contribution in [1.82, 2.24) is 10.3 Å². The van der Waals surface area contributed by atoms with Gasteiger partial charge in [0.2, 0.25) is 0 Å². The average Bonchev–Trinajstić information content (AvgIpc) is 2.72. The molecule has 1 atom stereocenters. The van der Waals surface area contributed by atoms with Crippen molar-refractivity contribution < 1.29 is 14.3 Å². The molecule has 2 aromatic carbocycles. The molecule has 0 aliphatic carbocycles. The number of amides is 1. The fourth-order valence-electron chi connectivity index (χ4n) is 2.82. The maximum absolute atomic E-state index is 12.8. The van der Waals surface area contributed by atoms with Gasteiger partial charge in [-0.25, -0.2) is 4.79 Å². The zero-order chi connectivity index (χ0) is 19.2. The minimum atomic E-state index is -0.845. The third-order valence-electron chi connectivity index (χ3n) is 4.21. The SMILES string of the molecule is COC(=O)[C@H](Cc1ccc(C#N)cc1)NC(=O)c1ccnc2ccccc12. The molecule has 0 saturated heterocycles. The van der Waals surface area contributed by atoms with Gasteiger partial charge >= 0.3 is 5.97 Å². The summed E-state index contributed by atoms with van der Waals surface area (Å²) in [6.45, 7) is 0. The molecule has 1 N–H and O–H groups in total. The Morgan fingerprint density at radius 1 is 1.15 bits per heavy atom. The first-order valence-corrected chi connectivity index (χ1v) is 8.34. The summed E-state index contributed by atoms with van der Waals surface area (Å²) in [6.07, 6.45) is 1.82. The van der Waals surface area contributed by atoms with Crippen LogP contribution in [-0.4, -0.2) is 30.0 Å². The average molecular weight is 359 g/mol. The Morgan fingerprint density at radius 2 is 1.89 bits per heavy atom. The van der Waals surface area contributed by atoms with Gasteiger partial charge in [0, 0.05) is 18.0 Å². The standard InChI is InChI=1S/C21H17N3O3/c1-27-21(26)19(12-14-6-8-15(13-22)9-7-14)24-20(25)17-10-11-23-18-5-3-2-4-16(17)18/h2-11,19H,12H2,1H3,(H,24,25)/t19-/m0/s1. The molecule has 6 nitrogen and oxygen atoms in total. The zero-order valence-electron chi connectivity index (χ0n) is 14.7. The van der Waals surface area contributed by atoms with Crippen LogP contribution in [0.15, 0.2) is 60.8 Å². The Morgan fingerprint density at radius 3 is 2.59 bits per heavy atom. The van der Waals surface area contributed by atoms with Crippen LogP contribution in [0.25, 0.3) is 10.9 Å². The van der Waals surface area contributed by atoms with Crippen molar-refractivity contribution in [2.45, 2.75) is 12.5 Å². The number of carbonyl (C=O) groups excluding carboxylic acids is 2. The fraction of sp³-hybridized carbons (Fsp3) is 0.143. The largest absolute Gasteiger partial charge is 0.467 e. The molecule has 0 aliphatic rings. The topological polar surface area (TPSA) is 92.1 Å². The van der Waals surface area contributed by atoms with Crippen LogP contribution in [0.2, 0.25) is 0 Å². The van der Waals surface area contributed by atoms with E-state index in [2.05, 4.69) is 10.3 Å². The lowest BCUT2D eigenvalue weighted by Gasteiger charge is -2.17. The molecule has 134 valence electrons. The second kappa shape index (κ2) is 8.11. The summed E-state index contributed by atoms with van der Waals surface area (Å²) in [4.78, 5) is 29.2. The lowest BCUT2D eigenvalue weighted by atomic mass is 10.0. The molecule has 0 bridgehead atoms. The lowest BCUT2D eigenvalue weighted by Crippen LogP contribution is -2.43. The van der Waals surface area contributed by atoms with E-state index in [-0.39, 0.29) is 12.3 Å². The number of nitriles is 1. The van der Waals surface area contributed by atoms with E-state index >= 15 is 0 Å². The third-order valence-corrected chi connectivity index (χ3v) is 4.21. The highest BCUT2D eigenvalue weighted by atomic mass is 16.5. The first kappa shape index (κ1) is 18.1. The van der Waals surface area contributed by atoms with Crippen molar-refractivity contribution in [1.29, 1.82) is 5.26 Å². The summed E-state index contributed by atoms with van der Waals surface area (Å²) in [7, 11) is 1.28. The van der Waals surface area contributed by atoms with E-state index in [9.17, 15) is 9.59 Å². The number of nitrogens with zero attached hydrogens (tertiary/aromatic N) is 2. The summed E-state index contributed by atoms with van der Waals surface area (Å²) in [6, 6.07) is 17.0. The number of carbonyl (C=O) groups is 2. The minimum Gasteiger partial charge on any atom is -0.467 e. The number of pyridine rings is 1. The first-order valence-electron chi connectivity index (χ1n) is 8.34. The third kappa shape index (κ3) is 4.10. The highest BCUT2D eigenvalue weighted by Crippen LogP contribution is 2.16. The van der Waals surface area contributed by atoms with E-state index in [0.29, 0.717) is 22.0 Å². The second-order valence-electron chi connectivity index (χ2n) is 5.94. The van der Waals surface area contributed by atoms with Crippen molar-refractivity contribution in [2.24, 2.45) is 0 Å². The van der Waals surface area contributed by atoms with Crippen LogP contribution in [0.3, 0.4) is 0 Å². The quantitative estimate of drug-likeness (QED) is 0.707. The molecule has 0 fully saturated rings. The molecule has 1 heterocycles. The smallest absolute Gasteiger partial charge is 0.328 e. The number of fused-ring (bicyclic) bond motifs is 1. The summed E-state index contributed by atoms with van der Waals surface area (Å²) >= 11 is 0. The van der Waals surface area contributed by atoms with Gasteiger partial charge in [-0.3, -0.25) is 9.78 Å². The Bertz CT molecular complexity index is 1020. The number of hydrogen-bond donors (Lipinski definition) is 1. The van der Waals surface area contributed by atoms with Crippen LogP contribution in [0.5, 0.6) is 0 Å². The van der Waals surface area contributed by atoms with Gasteiger partial charge in [-0.1, -0.05) is 30.3 Å². The Balaban J connectivity index is 1.84. The molecular formula is C21H17N3O3. The number of rotatable bonds is 5. The van der Waals surface area contributed by atoms with E-state index in [1.54, 1.807) is 36.5 Å². The highest BCUT2D eigenvalue weighted by molar-refractivity contribution is 6.07. The summed E-state index contributed by atoms with van der Waals surface area (Å²) in [5, 5.41) is 12.3. The molecule has 3 aromatic rings. The lowest BCUT2D eigenvalue weighted by molar-refractivity contribution is -0.142. The van der Waals surface area contributed by atoms with E-state index in [1.807, 2.05) is 30.3 Å². The molecular weight excluding hydrogens is 342 g/mol. The number of esters is 1. The summed E-state index contributed by atoms with van der Waals surface area (Å²) < 4.78 is 4.84. The van der Waals surface area contributed by atoms with Crippen LogP contribution in [0.4, 0.5) is 0 Å². The number of hydrogen-bond acceptors (Lipinski definition) is 5. The van der Waals surface area contributed by atoms with Gasteiger partial charge in [0.1, 0.15) is 6.04 Å². The second-order valence-corrected chi connectivity index (χ2v) is 5.94. The van der Waals surface area contributed by atoms with E-state index < -0.39 is 12.0 Å². The normalized spacial score (nSPS) is 11.4. The van der Waals surface area contributed by atoms with Crippen molar-refractivity contribution in [3.8, 4) is 6.07 Å². The van der Waals surface area contributed by atoms with E-state index in [0.717, 1.165) is 5.56 Å². The van der Waals surface area contributed by atoms with E-state index in [1.165, 1.54) is 7.11 Å². The molecule has 1 aromatic heterocycles. The van der Waals surface area contributed by atoms with Gasteiger partial charge in [-0.15, -0.1) is 0 Å². The monoisotopic (exact) mass is 359 g/mol. The molecule has 0 spiro atoms. The summed E-state index contributed by atoms with van der Waals surface area (Å²) in [5.74, 6) is -0.913. The number of benzene rings is 2. The van der Waals surface area contributed by atoms with Gasteiger partial charge in [0.15, 0.2) is 0 Å². The van der Waals surface area contributed by atoms with Gasteiger partial charge in [0.05, 0.1) is 29.8 Å². The van der Waals surface area contributed by atoms with Gasteiger partial charge in [-0.05, 0) is 29.8 Å². The minimum absolute atomic E-state index is 0.257. The molecule has 1 amide bonds. The number of aromatic nitrogens is 1. The van der Waals surface area contributed by atoms with Crippen LogP contribution < -0.4 is 5.32 Å². The van der Waals surface area contributed by atoms with Crippen LogP contribution >= 0.6 is 0 Å². The molecule has 0 saturated carbocycles. The van der Waals surface area contributed by atoms with Crippen LogP contribution in [-0.2, 0) is 16.0 Å². The van der Waals surface area contributed by atoms with Crippen molar-refractivity contribution in [2.75, 3.05) is 7.11 Å². The first-order chi connectivity index (χ1) is 13.1. The zero-order valence-corrected chi connectivity index (χ0v) is 14.7. The Labute approximate surface area is 156 Å². The van der Waals surface area contributed by atoms with Gasteiger partial charge in [-0.2, -0.15) is 5.26 Å². The van der Waals surface area contributed by atoms with Crippen molar-refractivity contribution in [3.05, 3.63) is 77.5 Å². The van der Waals surface area contributed by atoms with Crippen LogP contribution in [0.1, 0.15) is 21.5 Å². The molecule has 27 heavy (non-hydrogen) atoms. The Hall–Kier alpha value is -3.72. The van der Waals surface area contributed by atoms with Crippen molar-refractivity contribution in [3.63, 3.8) is 0 Å². The molecule has 0 unspecified atom stereocenters. The van der Waals surface area contributed by atoms with E-state index in [4.69, 9.17) is 10.00 Å². The fourth-order valence-corrected chi connectivity index (χ4v) is 2.82. The molecule has 3 rings (SSSR count). The van der Waals surface area contributed by atoms with Crippen molar-refractivity contribution >= 4 is 22.8 Å². The maximum Gasteiger partial charge on any atom is 0.328 e. The predicted octanol–water partition coefficient (Wildman–Crippen LogP) is 2.62. The molecule has 6 heteroatoms. The predicted molar refractivity (Wildman–Crippen MR) is 99.9 cm³/mol. The molecule has 0 aliphatic heterocycles. The number of para-hydroxylation sites is 1. The van der Waals surface area contributed by atoms with Gasteiger partial charge in [0.25, 0.3) is 5.91 Å². The molecule has 0 radical (unpaired) electrons. The number of nitrogens with one attached hydrogen (secondary N) is 1. The van der Waals surface area contributed by atoms with Gasteiger partial charge < -0.3 is 10.1 Å². The highest BCUT2D eigenvalue weighted by Gasteiger charge is 2.23. The Kier molecular flexibility index (Phi) is 5.43.